The first kappa shape index (κ1) is 11.8. The minimum Gasteiger partial charge on any atom is -0.495 e. The molecule has 82 valence electrons. The van der Waals surface area contributed by atoms with Crippen LogP contribution < -0.4 is 10.5 Å². The van der Waals surface area contributed by atoms with Gasteiger partial charge in [0.15, 0.2) is 0 Å². The Bertz CT molecular complexity index is 379. The third-order valence-electron chi connectivity index (χ3n) is 1.82. The molecule has 15 heavy (non-hydrogen) atoms. The van der Waals surface area contributed by atoms with Gasteiger partial charge in [-0.25, -0.2) is 4.79 Å². The van der Waals surface area contributed by atoms with Crippen molar-refractivity contribution in [3.63, 3.8) is 0 Å². The summed E-state index contributed by atoms with van der Waals surface area (Å²) in [6.45, 7) is 2.05. The first-order chi connectivity index (χ1) is 7.10. The fourth-order valence-electron chi connectivity index (χ4n) is 1.14. The van der Waals surface area contributed by atoms with Gasteiger partial charge >= 0.3 is 5.97 Å². The predicted octanol–water partition coefficient (Wildman–Crippen LogP) is 2.22. The molecule has 1 rings (SSSR count). The van der Waals surface area contributed by atoms with E-state index in [1.54, 1.807) is 19.1 Å². The normalized spacial score (nSPS) is 9.80. The van der Waals surface area contributed by atoms with Crippen LogP contribution in [0.2, 0.25) is 0 Å². The number of anilines is 1. The summed E-state index contributed by atoms with van der Waals surface area (Å²) in [6.07, 6.45) is 0. The van der Waals surface area contributed by atoms with Crippen molar-refractivity contribution in [2.24, 2.45) is 0 Å². The van der Waals surface area contributed by atoms with Crippen molar-refractivity contribution in [3.8, 4) is 5.75 Å². The maximum Gasteiger partial charge on any atom is 0.340 e. The minimum atomic E-state index is -0.449. The third kappa shape index (κ3) is 2.62. The number of halogens is 1. The summed E-state index contributed by atoms with van der Waals surface area (Å²) >= 11 is 3.26. The van der Waals surface area contributed by atoms with Gasteiger partial charge in [0, 0.05) is 4.47 Å². The number of ether oxygens (including phenoxy) is 2. The van der Waals surface area contributed by atoms with Gasteiger partial charge in [0.05, 0.1) is 25.0 Å². The number of nitrogen functional groups attached to an aromatic ring is 1. The molecule has 0 aromatic heterocycles. The average molecular weight is 274 g/mol. The first-order valence-corrected chi connectivity index (χ1v) is 5.19. The summed E-state index contributed by atoms with van der Waals surface area (Å²) in [6, 6.07) is 3.30. The lowest BCUT2D eigenvalue weighted by Crippen LogP contribution is -2.09. The van der Waals surface area contributed by atoms with Gasteiger partial charge in [0.2, 0.25) is 0 Å². The molecule has 1 aromatic rings. The predicted molar refractivity (Wildman–Crippen MR) is 61.1 cm³/mol. The maximum absolute atomic E-state index is 11.5. The van der Waals surface area contributed by atoms with Crippen molar-refractivity contribution in [3.05, 3.63) is 22.2 Å². The number of hydrogen-bond donors (Lipinski definition) is 1. The fraction of sp³-hybridized carbons (Fsp3) is 0.300. The highest BCUT2D eigenvalue weighted by Crippen LogP contribution is 2.30. The van der Waals surface area contributed by atoms with Crippen LogP contribution in [0.5, 0.6) is 5.75 Å². The van der Waals surface area contributed by atoms with Crippen LogP contribution >= 0.6 is 15.9 Å². The number of methoxy groups -OCH3 is 1. The molecule has 0 aliphatic carbocycles. The van der Waals surface area contributed by atoms with Crippen molar-refractivity contribution >= 4 is 27.6 Å². The molecule has 0 bridgehead atoms. The summed E-state index contributed by atoms with van der Waals surface area (Å²) in [7, 11) is 1.49. The van der Waals surface area contributed by atoms with Crippen LogP contribution in [-0.4, -0.2) is 19.7 Å². The third-order valence-corrected chi connectivity index (χ3v) is 2.28. The number of benzene rings is 1. The van der Waals surface area contributed by atoms with Gasteiger partial charge in [-0.15, -0.1) is 0 Å². The highest BCUT2D eigenvalue weighted by atomic mass is 79.9. The van der Waals surface area contributed by atoms with Gasteiger partial charge in [-0.05, 0) is 19.1 Å². The standard InChI is InChI=1S/C10H12BrNO3/c1-3-15-10(13)7-4-6(11)5-8(14-2)9(7)12/h4-5H,3,12H2,1-2H3. The van der Waals surface area contributed by atoms with Crippen LogP contribution in [-0.2, 0) is 4.74 Å². The minimum absolute atomic E-state index is 0.291. The lowest BCUT2D eigenvalue weighted by Gasteiger charge is -2.10. The molecular formula is C10H12BrNO3. The van der Waals surface area contributed by atoms with Crippen LogP contribution in [0, 0.1) is 0 Å². The van der Waals surface area contributed by atoms with Crippen LogP contribution in [0.1, 0.15) is 17.3 Å². The highest BCUT2D eigenvalue weighted by molar-refractivity contribution is 9.10. The van der Waals surface area contributed by atoms with E-state index < -0.39 is 5.97 Å². The van der Waals surface area contributed by atoms with E-state index in [2.05, 4.69) is 15.9 Å². The van der Waals surface area contributed by atoms with Crippen molar-refractivity contribution in [2.75, 3.05) is 19.5 Å². The van der Waals surface area contributed by atoms with Crippen molar-refractivity contribution in [1.82, 2.24) is 0 Å². The molecule has 0 radical (unpaired) electrons. The van der Waals surface area contributed by atoms with E-state index in [1.165, 1.54) is 7.11 Å². The SMILES string of the molecule is CCOC(=O)c1cc(Br)cc(OC)c1N. The van der Waals surface area contributed by atoms with Gasteiger partial charge in [0.1, 0.15) is 5.75 Å². The van der Waals surface area contributed by atoms with Gasteiger partial charge in [-0.1, -0.05) is 15.9 Å². The molecule has 0 unspecified atom stereocenters. The zero-order chi connectivity index (χ0) is 11.4. The van der Waals surface area contributed by atoms with Gasteiger partial charge in [0.25, 0.3) is 0 Å². The van der Waals surface area contributed by atoms with Crippen LogP contribution in [0.3, 0.4) is 0 Å². The number of hydrogen-bond acceptors (Lipinski definition) is 4. The van der Waals surface area contributed by atoms with Crippen LogP contribution in [0.4, 0.5) is 5.69 Å². The fourth-order valence-corrected chi connectivity index (χ4v) is 1.58. The molecule has 0 saturated carbocycles. The van der Waals surface area contributed by atoms with Gasteiger partial charge in [-0.2, -0.15) is 0 Å². The molecule has 0 spiro atoms. The van der Waals surface area contributed by atoms with Crippen LogP contribution in [0.25, 0.3) is 0 Å². The number of carbonyl (C=O) groups excluding carboxylic acids is 1. The second-order valence-electron chi connectivity index (χ2n) is 2.79. The molecule has 4 nitrogen and oxygen atoms in total. The van der Waals surface area contributed by atoms with E-state index in [9.17, 15) is 4.79 Å². The Morgan fingerprint density at radius 3 is 2.73 bits per heavy atom. The lowest BCUT2D eigenvalue weighted by atomic mass is 10.1. The summed E-state index contributed by atoms with van der Waals surface area (Å²) < 4.78 is 10.6. The Hall–Kier alpha value is -1.23. The maximum atomic E-state index is 11.5. The Labute approximate surface area is 96.5 Å². The Kier molecular flexibility index (Phi) is 3.96. The van der Waals surface area contributed by atoms with Crippen LogP contribution in [0.15, 0.2) is 16.6 Å². The van der Waals surface area contributed by atoms with E-state index in [0.29, 0.717) is 23.6 Å². The Morgan fingerprint density at radius 1 is 1.53 bits per heavy atom. The number of carbonyl (C=O) groups is 1. The zero-order valence-corrected chi connectivity index (χ0v) is 10.1. The largest absolute Gasteiger partial charge is 0.495 e. The monoisotopic (exact) mass is 273 g/mol. The first-order valence-electron chi connectivity index (χ1n) is 4.40. The molecule has 0 aliphatic rings. The summed E-state index contributed by atoms with van der Waals surface area (Å²) in [5, 5.41) is 0. The molecule has 2 N–H and O–H groups in total. The Balaban J connectivity index is 3.17. The molecule has 0 fully saturated rings. The van der Waals surface area contributed by atoms with E-state index in [1.807, 2.05) is 0 Å². The van der Waals surface area contributed by atoms with Crippen molar-refractivity contribution < 1.29 is 14.3 Å². The summed E-state index contributed by atoms with van der Waals surface area (Å²) in [5.74, 6) is 0.00188. The quantitative estimate of drug-likeness (QED) is 0.678. The van der Waals surface area contributed by atoms with Crippen molar-refractivity contribution in [2.45, 2.75) is 6.92 Å². The lowest BCUT2D eigenvalue weighted by molar-refractivity contribution is 0.0527. The summed E-state index contributed by atoms with van der Waals surface area (Å²) in [5.41, 5.74) is 6.35. The average Bonchev–Trinajstić information content (AvgIpc) is 2.21. The van der Waals surface area contributed by atoms with Gasteiger partial charge in [-0.3, -0.25) is 0 Å². The Morgan fingerprint density at radius 2 is 2.20 bits per heavy atom. The van der Waals surface area contributed by atoms with E-state index in [4.69, 9.17) is 15.2 Å². The number of rotatable bonds is 3. The highest BCUT2D eigenvalue weighted by Gasteiger charge is 2.15. The molecule has 0 heterocycles. The second-order valence-corrected chi connectivity index (χ2v) is 3.71. The molecule has 0 saturated heterocycles. The van der Waals surface area contributed by atoms with Crippen molar-refractivity contribution in [1.29, 1.82) is 0 Å². The molecule has 0 aliphatic heterocycles. The second kappa shape index (κ2) is 5.02. The topological polar surface area (TPSA) is 61.5 Å². The number of nitrogens with two attached hydrogens (primary N) is 1. The van der Waals surface area contributed by atoms with Gasteiger partial charge < -0.3 is 15.2 Å². The smallest absolute Gasteiger partial charge is 0.340 e. The molecule has 5 heteroatoms. The molecule has 0 atom stereocenters. The number of esters is 1. The van der Waals surface area contributed by atoms with E-state index in [-0.39, 0.29) is 0 Å². The zero-order valence-electron chi connectivity index (χ0n) is 8.54. The molecule has 1 aromatic carbocycles. The molecule has 0 amide bonds. The molecular weight excluding hydrogens is 262 g/mol. The van der Waals surface area contributed by atoms with E-state index in [0.717, 1.165) is 4.47 Å². The van der Waals surface area contributed by atoms with E-state index >= 15 is 0 Å². The summed E-state index contributed by atoms with van der Waals surface area (Å²) in [4.78, 5) is 11.5.